The summed E-state index contributed by atoms with van der Waals surface area (Å²) in [6, 6.07) is 7.73. The van der Waals surface area contributed by atoms with E-state index in [0.29, 0.717) is 25.3 Å². The molecule has 0 radical (unpaired) electrons. The summed E-state index contributed by atoms with van der Waals surface area (Å²) in [4.78, 5) is 25.1. The second-order valence-electron chi connectivity index (χ2n) is 7.33. The van der Waals surface area contributed by atoms with Crippen LogP contribution in [-0.4, -0.2) is 66.5 Å². The highest BCUT2D eigenvalue weighted by Crippen LogP contribution is 2.32. The molecule has 0 bridgehead atoms. The number of aromatic nitrogens is 2. The fraction of sp³-hybridized carbons (Fsp3) is 0.476. The highest BCUT2D eigenvalue weighted by Gasteiger charge is 2.40. The van der Waals surface area contributed by atoms with E-state index in [1.807, 2.05) is 31.3 Å². The highest BCUT2D eigenvalue weighted by molar-refractivity contribution is 5.93. The Morgan fingerprint density at radius 3 is 2.50 bits per heavy atom. The Bertz CT molecular complexity index is 781. The molecule has 2 fully saturated rings. The lowest BCUT2D eigenvalue weighted by Crippen LogP contribution is -2.45. The van der Waals surface area contributed by atoms with Crippen LogP contribution in [0.5, 0.6) is 0 Å². The largest absolute Gasteiger partial charge is 0.356 e. The normalized spacial score (nSPS) is 18.4. The highest BCUT2D eigenvalue weighted by atomic mass is 16.7. The lowest BCUT2D eigenvalue weighted by Gasteiger charge is -2.38. The number of pyridine rings is 2. The van der Waals surface area contributed by atoms with Crippen molar-refractivity contribution in [3.8, 4) is 0 Å². The number of ether oxygens (including phenoxy) is 2. The van der Waals surface area contributed by atoms with E-state index in [-0.39, 0.29) is 11.7 Å². The van der Waals surface area contributed by atoms with E-state index in [9.17, 15) is 4.79 Å². The van der Waals surface area contributed by atoms with Crippen molar-refractivity contribution in [2.45, 2.75) is 25.0 Å². The number of piperidine rings is 1. The van der Waals surface area contributed by atoms with E-state index >= 15 is 0 Å². The molecule has 2 aliphatic rings. The molecule has 28 heavy (non-hydrogen) atoms. The Kier molecular flexibility index (Phi) is 5.54. The maximum Gasteiger partial charge on any atom is 0.255 e. The molecule has 2 aromatic heterocycles. The predicted octanol–water partition coefficient (Wildman–Crippen LogP) is 2.13. The van der Waals surface area contributed by atoms with E-state index in [0.717, 1.165) is 38.2 Å². The SMILES string of the molecule is CN(CCc1ccncc1)C(=O)c1ccc(N2CCC3(CC2)OCCO3)nc1. The molecule has 2 aromatic rings. The minimum atomic E-state index is -0.385. The third-order valence-corrected chi connectivity index (χ3v) is 5.49. The first-order valence-electron chi connectivity index (χ1n) is 9.79. The van der Waals surface area contributed by atoms with Gasteiger partial charge in [-0.15, -0.1) is 0 Å². The maximum atomic E-state index is 12.7. The van der Waals surface area contributed by atoms with Gasteiger partial charge in [0.15, 0.2) is 5.79 Å². The van der Waals surface area contributed by atoms with Crippen LogP contribution in [0.2, 0.25) is 0 Å². The Hall–Kier alpha value is -2.51. The topological polar surface area (TPSA) is 67.8 Å². The fourth-order valence-electron chi connectivity index (χ4n) is 3.73. The summed E-state index contributed by atoms with van der Waals surface area (Å²) in [5, 5.41) is 0. The van der Waals surface area contributed by atoms with E-state index in [1.54, 1.807) is 23.5 Å². The fourth-order valence-corrected chi connectivity index (χ4v) is 3.73. The first-order valence-corrected chi connectivity index (χ1v) is 9.79. The van der Waals surface area contributed by atoms with Gasteiger partial charge in [0.1, 0.15) is 5.82 Å². The van der Waals surface area contributed by atoms with Gasteiger partial charge in [-0.2, -0.15) is 0 Å². The number of carbonyl (C=O) groups excluding carboxylic acids is 1. The van der Waals surface area contributed by atoms with Gasteiger partial charge in [0.2, 0.25) is 0 Å². The lowest BCUT2D eigenvalue weighted by atomic mass is 10.0. The number of rotatable bonds is 5. The molecule has 7 nitrogen and oxygen atoms in total. The van der Waals surface area contributed by atoms with Crippen molar-refractivity contribution in [1.82, 2.24) is 14.9 Å². The van der Waals surface area contributed by atoms with Gasteiger partial charge in [0, 0.05) is 58.1 Å². The number of hydrogen-bond acceptors (Lipinski definition) is 6. The lowest BCUT2D eigenvalue weighted by molar-refractivity contribution is -0.169. The number of amides is 1. The van der Waals surface area contributed by atoms with Gasteiger partial charge in [-0.1, -0.05) is 0 Å². The summed E-state index contributed by atoms with van der Waals surface area (Å²) >= 11 is 0. The number of anilines is 1. The predicted molar refractivity (Wildman–Crippen MR) is 105 cm³/mol. The molecule has 7 heteroatoms. The van der Waals surface area contributed by atoms with Crippen LogP contribution in [-0.2, 0) is 15.9 Å². The van der Waals surface area contributed by atoms with E-state index in [1.165, 1.54) is 5.56 Å². The number of likely N-dealkylation sites (N-methyl/N-ethyl adjacent to an activating group) is 1. The van der Waals surface area contributed by atoms with Crippen molar-refractivity contribution in [3.63, 3.8) is 0 Å². The number of nitrogens with zero attached hydrogens (tertiary/aromatic N) is 4. The summed E-state index contributed by atoms with van der Waals surface area (Å²) in [6.07, 6.45) is 7.70. The van der Waals surface area contributed by atoms with Crippen LogP contribution < -0.4 is 4.90 Å². The van der Waals surface area contributed by atoms with Crippen LogP contribution in [0.1, 0.15) is 28.8 Å². The van der Waals surface area contributed by atoms with Crippen molar-refractivity contribution < 1.29 is 14.3 Å². The minimum Gasteiger partial charge on any atom is -0.356 e. The van der Waals surface area contributed by atoms with E-state index in [2.05, 4.69) is 14.9 Å². The second kappa shape index (κ2) is 8.24. The molecule has 0 aromatic carbocycles. The van der Waals surface area contributed by atoms with Crippen molar-refractivity contribution in [2.24, 2.45) is 0 Å². The molecule has 1 spiro atoms. The van der Waals surface area contributed by atoms with E-state index in [4.69, 9.17) is 9.47 Å². The van der Waals surface area contributed by atoms with Crippen LogP contribution in [0.4, 0.5) is 5.82 Å². The number of carbonyl (C=O) groups is 1. The standard InChI is InChI=1S/C21H26N4O3/c1-24(11-6-17-4-9-22-10-5-17)20(26)18-2-3-19(23-16-18)25-12-7-21(8-13-25)27-14-15-28-21/h2-5,9-10,16H,6-8,11-15H2,1H3. The first-order chi connectivity index (χ1) is 13.7. The Morgan fingerprint density at radius 1 is 1.14 bits per heavy atom. The second-order valence-corrected chi connectivity index (χ2v) is 7.33. The summed E-state index contributed by atoms with van der Waals surface area (Å²) in [6.45, 7) is 3.70. The molecule has 4 rings (SSSR count). The van der Waals surface area contributed by atoms with Gasteiger partial charge in [0.05, 0.1) is 18.8 Å². The van der Waals surface area contributed by atoms with Crippen molar-refractivity contribution in [3.05, 3.63) is 54.0 Å². The third kappa shape index (κ3) is 4.15. The van der Waals surface area contributed by atoms with Gasteiger partial charge in [0.25, 0.3) is 5.91 Å². The Labute approximate surface area is 165 Å². The zero-order valence-corrected chi connectivity index (χ0v) is 16.2. The van der Waals surface area contributed by atoms with Crippen LogP contribution in [0, 0.1) is 0 Å². The van der Waals surface area contributed by atoms with Gasteiger partial charge in [-0.05, 0) is 36.2 Å². The molecule has 2 aliphatic heterocycles. The summed E-state index contributed by atoms with van der Waals surface area (Å²) < 4.78 is 11.5. The molecular formula is C21H26N4O3. The molecule has 4 heterocycles. The van der Waals surface area contributed by atoms with Crippen LogP contribution >= 0.6 is 0 Å². The smallest absolute Gasteiger partial charge is 0.255 e. The molecule has 0 aliphatic carbocycles. The van der Waals surface area contributed by atoms with Gasteiger partial charge in [-0.3, -0.25) is 9.78 Å². The molecule has 0 N–H and O–H groups in total. The molecule has 0 unspecified atom stereocenters. The summed E-state index contributed by atoms with van der Waals surface area (Å²) in [5.41, 5.74) is 1.78. The molecule has 148 valence electrons. The molecular weight excluding hydrogens is 356 g/mol. The Balaban J connectivity index is 1.31. The van der Waals surface area contributed by atoms with Crippen LogP contribution in [0.3, 0.4) is 0 Å². The minimum absolute atomic E-state index is 0.0153. The van der Waals surface area contributed by atoms with Gasteiger partial charge < -0.3 is 19.3 Å². The van der Waals surface area contributed by atoms with Crippen LogP contribution in [0.25, 0.3) is 0 Å². The Morgan fingerprint density at radius 2 is 1.86 bits per heavy atom. The molecule has 1 amide bonds. The summed E-state index contributed by atoms with van der Waals surface area (Å²) in [7, 11) is 1.82. The average Bonchev–Trinajstić information content (AvgIpc) is 3.21. The zero-order chi connectivity index (χ0) is 19.4. The average molecular weight is 382 g/mol. The molecule has 0 atom stereocenters. The van der Waals surface area contributed by atoms with Crippen LogP contribution in [0.15, 0.2) is 42.9 Å². The monoisotopic (exact) mass is 382 g/mol. The molecule has 0 saturated carbocycles. The molecule has 2 saturated heterocycles. The van der Waals surface area contributed by atoms with Crippen molar-refractivity contribution >= 4 is 11.7 Å². The zero-order valence-electron chi connectivity index (χ0n) is 16.2. The number of hydrogen-bond donors (Lipinski definition) is 0. The van der Waals surface area contributed by atoms with Gasteiger partial charge in [-0.25, -0.2) is 4.98 Å². The van der Waals surface area contributed by atoms with E-state index < -0.39 is 0 Å². The third-order valence-electron chi connectivity index (χ3n) is 5.49. The van der Waals surface area contributed by atoms with Crippen molar-refractivity contribution in [1.29, 1.82) is 0 Å². The first kappa shape index (κ1) is 18.8. The van der Waals surface area contributed by atoms with Crippen molar-refractivity contribution in [2.75, 3.05) is 44.8 Å². The van der Waals surface area contributed by atoms with Gasteiger partial charge >= 0.3 is 0 Å². The maximum absolute atomic E-state index is 12.7. The summed E-state index contributed by atoms with van der Waals surface area (Å²) in [5.74, 6) is 0.492. The quantitative estimate of drug-likeness (QED) is 0.789.